The molecule has 1 N–H and O–H groups in total. The van der Waals surface area contributed by atoms with Gasteiger partial charge in [0.2, 0.25) is 11.1 Å². The highest BCUT2D eigenvalue weighted by Crippen LogP contribution is 2.25. The molecule has 2 heterocycles. The molecule has 1 aromatic heterocycles. The molecule has 3 rings (SSSR count). The van der Waals surface area contributed by atoms with Crippen LogP contribution in [0.4, 0.5) is 0 Å². The van der Waals surface area contributed by atoms with E-state index < -0.39 is 0 Å². The van der Waals surface area contributed by atoms with Crippen molar-refractivity contribution in [3.63, 3.8) is 0 Å². The van der Waals surface area contributed by atoms with Gasteiger partial charge in [-0.3, -0.25) is 10.2 Å². The topological polar surface area (TPSA) is 59.8 Å². The number of amides is 1. The van der Waals surface area contributed by atoms with Crippen LogP contribution in [0.5, 0.6) is 0 Å². The first-order valence-electron chi connectivity index (χ1n) is 4.88. The lowest BCUT2D eigenvalue weighted by molar-refractivity contribution is -0.114. The molecule has 0 spiro atoms. The molecule has 0 aliphatic carbocycles. The molecule has 0 radical (unpaired) electrons. The first-order valence-corrected chi connectivity index (χ1v) is 6.24. The van der Waals surface area contributed by atoms with E-state index in [4.69, 9.17) is 11.6 Å². The van der Waals surface area contributed by atoms with Crippen molar-refractivity contribution in [1.82, 2.24) is 14.9 Å². The highest BCUT2D eigenvalue weighted by molar-refractivity contribution is 7.99. The minimum absolute atomic E-state index is 0.0579. The summed E-state index contributed by atoms with van der Waals surface area (Å²) in [7, 11) is 0. The van der Waals surface area contributed by atoms with Crippen molar-refractivity contribution in [3.8, 4) is 11.4 Å². The van der Waals surface area contributed by atoms with Crippen molar-refractivity contribution >= 4 is 29.3 Å². The Kier molecular flexibility index (Phi) is 2.53. The van der Waals surface area contributed by atoms with Crippen LogP contribution >= 0.6 is 23.4 Å². The van der Waals surface area contributed by atoms with Gasteiger partial charge in [-0.15, -0.1) is 10.2 Å². The largest absolute Gasteiger partial charge is 0.272 e. The van der Waals surface area contributed by atoms with Gasteiger partial charge in [-0.05, 0) is 24.3 Å². The molecule has 5 nitrogen and oxygen atoms in total. The quantitative estimate of drug-likeness (QED) is 0.855. The molecule has 7 heteroatoms. The maximum absolute atomic E-state index is 11.3. The van der Waals surface area contributed by atoms with Gasteiger partial charge in [-0.1, -0.05) is 23.4 Å². The van der Waals surface area contributed by atoms with Crippen LogP contribution in [0.3, 0.4) is 0 Å². The number of hydrogen-bond donors (Lipinski definition) is 1. The Morgan fingerprint density at radius 3 is 2.82 bits per heavy atom. The second kappa shape index (κ2) is 4.05. The SMILES string of the molecule is O=C1CSc2nnc(-c3ccc(Cl)cc3)n2N1. The average molecular weight is 267 g/mol. The molecule has 0 unspecified atom stereocenters. The summed E-state index contributed by atoms with van der Waals surface area (Å²) < 4.78 is 1.60. The molecule has 1 aliphatic rings. The monoisotopic (exact) mass is 266 g/mol. The van der Waals surface area contributed by atoms with Crippen LogP contribution in [-0.4, -0.2) is 26.5 Å². The summed E-state index contributed by atoms with van der Waals surface area (Å²) in [5.74, 6) is 0.924. The van der Waals surface area contributed by atoms with Crippen molar-refractivity contribution in [2.24, 2.45) is 0 Å². The number of thioether (sulfide) groups is 1. The Morgan fingerprint density at radius 1 is 1.29 bits per heavy atom. The van der Waals surface area contributed by atoms with Gasteiger partial charge in [0.15, 0.2) is 5.82 Å². The van der Waals surface area contributed by atoms with Crippen molar-refractivity contribution in [1.29, 1.82) is 0 Å². The summed E-state index contributed by atoms with van der Waals surface area (Å²) >= 11 is 7.19. The Hall–Kier alpha value is -1.53. The smallest absolute Gasteiger partial charge is 0.249 e. The summed E-state index contributed by atoms with van der Waals surface area (Å²) in [6, 6.07) is 7.22. The van der Waals surface area contributed by atoms with Crippen LogP contribution in [0.25, 0.3) is 11.4 Å². The van der Waals surface area contributed by atoms with Crippen LogP contribution in [0, 0.1) is 0 Å². The number of benzene rings is 1. The molecular weight excluding hydrogens is 260 g/mol. The molecule has 17 heavy (non-hydrogen) atoms. The summed E-state index contributed by atoms with van der Waals surface area (Å²) in [5.41, 5.74) is 3.58. The highest BCUT2D eigenvalue weighted by Gasteiger charge is 2.21. The number of halogens is 1. The van der Waals surface area contributed by atoms with E-state index in [1.165, 1.54) is 11.8 Å². The lowest BCUT2D eigenvalue weighted by atomic mass is 10.2. The number of nitrogens with one attached hydrogen (secondary N) is 1. The van der Waals surface area contributed by atoms with E-state index >= 15 is 0 Å². The number of rotatable bonds is 1. The van der Waals surface area contributed by atoms with Crippen LogP contribution in [-0.2, 0) is 4.79 Å². The Labute approximate surface area is 106 Å². The van der Waals surface area contributed by atoms with Crippen LogP contribution < -0.4 is 5.43 Å². The predicted molar refractivity (Wildman–Crippen MR) is 65.6 cm³/mol. The third kappa shape index (κ3) is 1.89. The molecule has 86 valence electrons. The number of aromatic nitrogens is 3. The van der Waals surface area contributed by atoms with Crippen LogP contribution in [0.2, 0.25) is 5.02 Å². The third-order valence-corrected chi connectivity index (χ3v) is 3.49. The Balaban J connectivity index is 2.07. The zero-order chi connectivity index (χ0) is 11.8. The molecule has 1 aliphatic heterocycles. The molecule has 2 aromatic rings. The van der Waals surface area contributed by atoms with Gasteiger partial charge < -0.3 is 0 Å². The Bertz CT molecular complexity index is 580. The predicted octanol–water partition coefficient (Wildman–Crippen LogP) is 1.77. The molecule has 0 saturated heterocycles. The molecule has 0 bridgehead atoms. The standard InChI is InChI=1S/C10H7ClN4OS/c11-7-3-1-6(2-4-7)9-12-13-10-15(9)14-8(16)5-17-10/h1-4H,5H2,(H,14,16). The fraction of sp³-hybridized carbons (Fsp3) is 0.100. The van der Waals surface area contributed by atoms with Crippen LogP contribution in [0.1, 0.15) is 0 Å². The van der Waals surface area contributed by atoms with Crippen molar-refractivity contribution in [2.45, 2.75) is 5.16 Å². The van der Waals surface area contributed by atoms with E-state index in [-0.39, 0.29) is 5.91 Å². The minimum atomic E-state index is -0.0579. The van der Waals surface area contributed by atoms with E-state index in [0.717, 1.165) is 5.56 Å². The molecule has 0 fully saturated rings. The second-order valence-corrected chi connectivity index (χ2v) is 4.85. The van der Waals surface area contributed by atoms with Gasteiger partial charge in [0.1, 0.15) is 0 Å². The van der Waals surface area contributed by atoms with Gasteiger partial charge in [0.05, 0.1) is 5.75 Å². The van der Waals surface area contributed by atoms with Crippen molar-refractivity contribution in [3.05, 3.63) is 29.3 Å². The highest BCUT2D eigenvalue weighted by atomic mass is 35.5. The first kappa shape index (κ1) is 10.6. The fourth-order valence-electron chi connectivity index (χ4n) is 1.54. The maximum atomic E-state index is 11.3. The van der Waals surface area contributed by atoms with E-state index in [1.807, 2.05) is 12.1 Å². The summed E-state index contributed by atoms with van der Waals surface area (Å²) in [6.45, 7) is 0. The second-order valence-electron chi connectivity index (χ2n) is 3.47. The number of nitrogens with zero attached hydrogens (tertiary/aromatic N) is 3. The van der Waals surface area contributed by atoms with Crippen molar-refractivity contribution in [2.75, 3.05) is 11.2 Å². The number of carbonyl (C=O) groups is 1. The van der Waals surface area contributed by atoms with E-state index in [2.05, 4.69) is 15.6 Å². The third-order valence-electron chi connectivity index (χ3n) is 2.30. The normalized spacial score (nSPS) is 14.3. The van der Waals surface area contributed by atoms with E-state index in [0.29, 0.717) is 21.8 Å². The number of carbonyl (C=O) groups excluding carboxylic acids is 1. The zero-order valence-electron chi connectivity index (χ0n) is 8.55. The van der Waals surface area contributed by atoms with E-state index in [9.17, 15) is 4.79 Å². The Morgan fingerprint density at radius 2 is 2.06 bits per heavy atom. The first-order chi connectivity index (χ1) is 8.24. The van der Waals surface area contributed by atoms with Gasteiger partial charge in [-0.25, -0.2) is 4.68 Å². The minimum Gasteiger partial charge on any atom is -0.272 e. The van der Waals surface area contributed by atoms with Crippen LogP contribution in [0.15, 0.2) is 29.4 Å². The zero-order valence-corrected chi connectivity index (χ0v) is 10.1. The molecular formula is C10H7ClN4OS. The fourth-order valence-corrected chi connectivity index (χ4v) is 2.35. The molecule has 1 aromatic carbocycles. The molecule has 0 saturated carbocycles. The van der Waals surface area contributed by atoms with Gasteiger partial charge in [-0.2, -0.15) is 0 Å². The maximum Gasteiger partial charge on any atom is 0.249 e. The summed E-state index contributed by atoms with van der Waals surface area (Å²) in [4.78, 5) is 11.3. The van der Waals surface area contributed by atoms with Gasteiger partial charge >= 0.3 is 0 Å². The van der Waals surface area contributed by atoms with Gasteiger partial charge in [0, 0.05) is 10.6 Å². The van der Waals surface area contributed by atoms with Gasteiger partial charge in [0.25, 0.3) is 0 Å². The number of hydrogen-bond acceptors (Lipinski definition) is 4. The lowest BCUT2D eigenvalue weighted by Gasteiger charge is -2.15. The number of fused-ring (bicyclic) bond motifs is 1. The summed E-state index contributed by atoms with van der Waals surface area (Å²) in [5, 5.41) is 9.43. The van der Waals surface area contributed by atoms with E-state index in [1.54, 1.807) is 16.8 Å². The lowest BCUT2D eigenvalue weighted by Crippen LogP contribution is -2.29. The molecule has 1 amide bonds. The average Bonchev–Trinajstić information content (AvgIpc) is 2.73. The summed E-state index contributed by atoms with van der Waals surface area (Å²) in [6.07, 6.45) is 0. The molecule has 0 atom stereocenters. The van der Waals surface area contributed by atoms with Crippen molar-refractivity contribution < 1.29 is 4.79 Å².